The molecule has 0 aromatic rings. The maximum absolute atomic E-state index is 12.8. The highest BCUT2D eigenvalue weighted by Crippen LogP contribution is 2.38. The Balaban J connectivity index is 4.26. The number of rotatable bonds is 41. The summed E-state index contributed by atoms with van der Waals surface area (Å²) in [5, 5.41) is 13.8. The molecule has 9 heteroatoms. The number of nitrogens with one attached hydrogen (secondary N) is 1. The number of nitrogens with zero attached hydrogens (tertiary/aromatic N) is 1. The molecular formula is C44H89N2O6P. The molecule has 53 heavy (non-hydrogen) atoms. The first kappa shape index (κ1) is 52.2. The summed E-state index contributed by atoms with van der Waals surface area (Å²) >= 11 is 0. The summed E-state index contributed by atoms with van der Waals surface area (Å²) in [4.78, 5) is 25.3. The van der Waals surface area contributed by atoms with Crippen LogP contribution < -0.4 is 10.2 Å². The highest BCUT2D eigenvalue weighted by molar-refractivity contribution is 7.45. The number of aliphatic hydroxyl groups is 1. The van der Waals surface area contributed by atoms with Crippen LogP contribution in [0.4, 0.5) is 0 Å². The highest BCUT2D eigenvalue weighted by atomic mass is 31.2. The Labute approximate surface area is 329 Å². The van der Waals surface area contributed by atoms with E-state index in [0.29, 0.717) is 23.9 Å². The van der Waals surface area contributed by atoms with E-state index in [9.17, 15) is 19.4 Å². The summed E-state index contributed by atoms with van der Waals surface area (Å²) < 4.78 is 23.2. The molecule has 1 amide bonds. The molecule has 316 valence electrons. The fourth-order valence-corrected chi connectivity index (χ4v) is 7.35. The predicted molar refractivity (Wildman–Crippen MR) is 224 cm³/mol. The molecule has 0 aromatic heterocycles. The zero-order valence-electron chi connectivity index (χ0n) is 35.7. The van der Waals surface area contributed by atoms with Gasteiger partial charge in [0.1, 0.15) is 13.2 Å². The topological polar surface area (TPSA) is 108 Å². The van der Waals surface area contributed by atoms with Crippen LogP contribution in [0.1, 0.15) is 213 Å². The first-order valence-corrected chi connectivity index (χ1v) is 24.0. The van der Waals surface area contributed by atoms with Crippen LogP contribution in [0.3, 0.4) is 0 Å². The minimum absolute atomic E-state index is 0.00948. The third kappa shape index (κ3) is 39.3. The number of carbonyl (C=O) groups excluding carboxylic acids is 1. The normalized spacial score (nSPS) is 14.5. The number of unbranched alkanes of at least 4 members (excludes halogenated alkanes) is 26. The van der Waals surface area contributed by atoms with Gasteiger partial charge in [0, 0.05) is 6.42 Å². The minimum Gasteiger partial charge on any atom is -0.756 e. The van der Waals surface area contributed by atoms with E-state index in [4.69, 9.17) is 9.05 Å². The largest absolute Gasteiger partial charge is 0.756 e. The second-order valence-electron chi connectivity index (χ2n) is 16.8. The molecule has 3 atom stereocenters. The lowest BCUT2D eigenvalue weighted by Crippen LogP contribution is -2.46. The van der Waals surface area contributed by atoms with Crippen molar-refractivity contribution >= 4 is 13.7 Å². The number of allylic oxidation sites excluding steroid dienone is 2. The van der Waals surface area contributed by atoms with Crippen molar-refractivity contribution in [1.82, 2.24) is 5.32 Å². The van der Waals surface area contributed by atoms with E-state index in [1.807, 2.05) is 21.1 Å². The summed E-state index contributed by atoms with van der Waals surface area (Å²) in [6.07, 6.45) is 40.8. The predicted octanol–water partition coefficient (Wildman–Crippen LogP) is 11.7. The van der Waals surface area contributed by atoms with Gasteiger partial charge in [-0.2, -0.15) is 0 Å². The van der Waals surface area contributed by atoms with Crippen molar-refractivity contribution in [1.29, 1.82) is 0 Å². The Hall–Kier alpha value is -0.760. The molecular weight excluding hydrogens is 683 g/mol. The fraction of sp³-hybridized carbons (Fsp3) is 0.932. The van der Waals surface area contributed by atoms with Gasteiger partial charge < -0.3 is 28.8 Å². The Morgan fingerprint density at radius 3 is 1.47 bits per heavy atom. The zero-order valence-corrected chi connectivity index (χ0v) is 36.6. The van der Waals surface area contributed by atoms with Crippen molar-refractivity contribution < 1.29 is 32.9 Å². The van der Waals surface area contributed by atoms with Crippen LogP contribution in [-0.2, 0) is 18.4 Å². The SMILES string of the molecule is CCCCCCC/C=C/CCCC[C@@H](O)[C@H](COP(=O)([O-])OCC[N+](C)(C)C)NC(=O)CCCCCCCCCCCCCCCCCCCCCC. The summed E-state index contributed by atoms with van der Waals surface area (Å²) in [7, 11) is 1.29. The first-order valence-electron chi connectivity index (χ1n) is 22.5. The molecule has 1 unspecified atom stereocenters. The van der Waals surface area contributed by atoms with Gasteiger partial charge in [0.25, 0.3) is 7.82 Å². The van der Waals surface area contributed by atoms with Crippen molar-refractivity contribution in [3.05, 3.63) is 12.2 Å². The second kappa shape index (κ2) is 36.9. The molecule has 0 aliphatic heterocycles. The number of carbonyl (C=O) groups is 1. The molecule has 0 spiro atoms. The van der Waals surface area contributed by atoms with E-state index in [1.54, 1.807) is 0 Å². The fourth-order valence-electron chi connectivity index (χ4n) is 6.62. The molecule has 0 saturated heterocycles. The average molecular weight is 773 g/mol. The van der Waals surface area contributed by atoms with Crippen LogP contribution in [0.2, 0.25) is 0 Å². The molecule has 8 nitrogen and oxygen atoms in total. The molecule has 0 aromatic carbocycles. The third-order valence-corrected chi connectivity index (χ3v) is 11.2. The average Bonchev–Trinajstić information content (AvgIpc) is 3.10. The minimum atomic E-state index is -4.56. The Morgan fingerprint density at radius 1 is 0.642 bits per heavy atom. The molecule has 0 radical (unpaired) electrons. The molecule has 0 aliphatic carbocycles. The second-order valence-corrected chi connectivity index (χ2v) is 18.2. The molecule has 0 rings (SSSR count). The van der Waals surface area contributed by atoms with Crippen LogP contribution in [0, 0.1) is 0 Å². The Kier molecular flexibility index (Phi) is 36.3. The summed E-state index contributed by atoms with van der Waals surface area (Å²) in [5.41, 5.74) is 0. The van der Waals surface area contributed by atoms with Gasteiger partial charge >= 0.3 is 0 Å². The van der Waals surface area contributed by atoms with Gasteiger partial charge in [0.05, 0.1) is 39.9 Å². The van der Waals surface area contributed by atoms with E-state index in [0.717, 1.165) is 44.9 Å². The van der Waals surface area contributed by atoms with E-state index < -0.39 is 20.0 Å². The van der Waals surface area contributed by atoms with Gasteiger partial charge in [-0.3, -0.25) is 9.36 Å². The van der Waals surface area contributed by atoms with Crippen LogP contribution in [0.5, 0.6) is 0 Å². The number of likely N-dealkylation sites (N-methyl/N-ethyl adjacent to an activating group) is 1. The Bertz CT molecular complexity index is 880. The van der Waals surface area contributed by atoms with E-state index in [1.165, 1.54) is 141 Å². The van der Waals surface area contributed by atoms with Crippen molar-refractivity contribution in [3.8, 4) is 0 Å². The molecule has 0 bridgehead atoms. The van der Waals surface area contributed by atoms with E-state index in [2.05, 4.69) is 31.3 Å². The molecule has 2 N–H and O–H groups in total. The van der Waals surface area contributed by atoms with Crippen molar-refractivity contribution in [2.24, 2.45) is 0 Å². The first-order chi connectivity index (χ1) is 25.5. The van der Waals surface area contributed by atoms with Gasteiger partial charge in [0.2, 0.25) is 5.91 Å². The standard InChI is InChI=1S/C44H89N2O6P/c1-6-8-10-12-14-16-18-19-20-21-22-23-24-25-26-28-30-32-34-36-38-44(48)45-42(41-52-53(49,50)51-40-39-46(3,4)5)43(47)37-35-33-31-29-27-17-15-13-11-9-7-2/h27,29,42-43,47H,6-26,28,30-41H2,1-5H3,(H-,45,48,49,50)/b29-27+/t42-,43+/m0/s1. The van der Waals surface area contributed by atoms with Crippen LogP contribution in [0.15, 0.2) is 12.2 Å². The molecule has 0 heterocycles. The monoisotopic (exact) mass is 773 g/mol. The van der Waals surface area contributed by atoms with Gasteiger partial charge in [0.15, 0.2) is 0 Å². The summed E-state index contributed by atoms with van der Waals surface area (Å²) in [6, 6.07) is -0.810. The molecule has 0 aliphatic rings. The summed E-state index contributed by atoms with van der Waals surface area (Å²) in [6.45, 7) is 4.69. The van der Waals surface area contributed by atoms with Gasteiger partial charge in [-0.05, 0) is 38.5 Å². The number of phosphoric ester groups is 1. The van der Waals surface area contributed by atoms with E-state index in [-0.39, 0.29) is 19.1 Å². The van der Waals surface area contributed by atoms with E-state index >= 15 is 0 Å². The number of hydrogen-bond acceptors (Lipinski definition) is 6. The molecule has 0 fully saturated rings. The number of phosphoric acid groups is 1. The maximum Gasteiger partial charge on any atom is 0.268 e. The number of aliphatic hydroxyl groups excluding tert-OH is 1. The van der Waals surface area contributed by atoms with Crippen molar-refractivity contribution in [2.75, 3.05) is 40.9 Å². The van der Waals surface area contributed by atoms with Crippen molar-refractivity contribution in [3.63, 3.8) is 0 Å². The number of quaternary nitrogens is 1. The van der Waals surface area contributed by atoms with Gasteiger partial charge in [-0.1, -0.05) is 180 Å². The Morgan fingerprint density at radius 2 is 1.04 bits per heavy atom. The highest BCUT2D eigenvalue weighted by Gasteiger charge is 2.24. The third-order valence-electron chi connectivity index (χ3n) is 10.3. The van der Waals surface area contributed by atoms with Crippen LogP contribution in [0.25, 0.3) is 0 Å². The molecule has 0 saturated carbocycles. The van der Waals surface area contributed by atoms with Gasteiger partial charge in [-0.15, -0.1) is 0 Å². The zero-order chi connectivity index (χ0) is 39.3. The van der Waals surface area contributed by atoms with Crippen LogP contribution >= 0.6 is 7.82 Å². The lowest BCUT2D eigenvalue weighted by atomic mass is 10.0. The maximum atomic E-state index is 12.8. The number of hydrogen-bond donors (Lipinski definition) is 2. The lowest BCUT2D eigenvalue weighted by Gasteiger charge is -2.30. The van der Waals surface area contributed by atoms with Gasteiger partial charge in [-0.25, -0.2) is 0 Å². The van der Waals surface area contributed by atoms with Crippen molar-refractivity contribution in [2.45, 2.75) is 225 Å². The lowest BCUT2D eigenvalue weighted by molar-refractivity contribution is -0.870. The smallest absolute Gasteiger partial charge is 0.268 e. The van der Waals surface area contributed by atoms with Crippen LogP contribution in [-0.4, -0.2) is 68.5 Å². The number of amides is 1. The quantitative estimate of drug-likeness (QED) is 0.0277. The summed E-state index contributed by atoms with van der Waals surface area (Å²) in [5.74, 6) is -0.173.